The Bertz CT molecular complexity index is 1630. The molecule has 0 amide bonds. The first kappa shape index (κ1) is 22.2. The fourth-order valence-electron chi connectivity index (χ4n) is 4.13. The lowest BCUT2D eigenvalue weighted by atomic mass is 10.0. The van der Waals surface area contributed by atoms with Crippen molar-refractivity contribution in [1.82, 2.24) is 29.9 Å². The highest BCUT2D eigenvalue weighted by Gasteiger charge is 2.18. The first-order chi connectivity index (χ1) is 17.8. The number of nitrogens with zero attached hydrogens (tertiary/aromatic N) is 6. The molecule has 0 unspecified atom stereocenters. The van der Waals surface area contributed by atoms with Gasteiger partial charge in [0.05, 0.1) is 17.0 Å². The van der Waals surface area contributed by atoms with Crippen molar-refractivity contribution in [2.24, 2.45) is 0 Å². The maximum atomic E-state index is 5.87. The second-order valence-electron chi connectivity index (χ2n) is 8.14. The smallest absolute Gasteiger partial charge is 0.247 e. The van der Waals surface area contributed by atoms with Gasteiger partial charge < -0.3 is 8.98 Å². The molecule has 36 heavy (non-hydrogen) atoms. The topological polar surface area (TPSA) is 82.5 Å². The number of fused-ring (bicyclic) bond motifs is 1. The first-order valence-electron chi connectivity index (χ1n) is 11.7. The maximum Gasteiger partial charge on any atom is 0.247 e. The van der Waals surface area contributed by atoms with Crippen molar-refractivity contribution < 1.29 is 4.42 Å². The lowest BCUT2D eigenvalue weighted by Crippen LogP contribution is -2.01. The Hall–Kier alpha value is -4.30. The Kier molecular flexibility index (Phi) is 6.01. The summed E-state index contributed by atoms with van der Waals surface area (Å²) < 4.78 is 7.99. The average molecular weight is 491 g/mol. The summed E-state index contributed by atoms with van der Waals surface area (Å²) in [6.45, 7) is 2.82. The fourth-order valence-corrected chi connectivity index (χ4v) is 4.97. The molecule has 0 fully saturated rings. The highest BCUT2D eigenvalue weighted by atomic mass is 32.2. The molecule has 0 radical (unpaired) electrons. The molecule has 3 aromatic carbocycles. The van der Waals surface area contributed by atoms with Gasteiger partial charge >= 0.3 is 0 Å². The van der Waals surface area contributed by atoms with Crippen molar-refractivity contribution in [1.29, 1.82) is 0 Å². The van der Waals surface area contributed by atoms with Crippen LogP contribution in [0.3, 0.4) is 0 Å². The standard InChI is InChI=1S/C28H22N6OS/c1-2-34-26(22-17-24(19-11-5-3-6-12-19)29-23-16-10-9-15-21(22)23)31-33-28(34)36-18-25-30-32-27(35-25)20-13-7-4-8-14-20/h3-17H,2,18H2,1H3. The van der Waals surface area contributed by atoms with Gasteiger partial charge in [0, 0.05) is 28.6 Å². The Labute approximate surface area is 212 Å². The number of thioether (sulfide) groups is 1. The van der Waals surface area contributed by atoms with E-state index in [1.165, 1.54) is 11.8 Å². The summed E-state index contributed by atoms with van der Waals surface area (Å²) in [6.07, 6.45) is 0. The molecule has 0 atom stereocenters. The van der Waals surface area contributed by atoms with E-state index in [1.807, 2.05) is 66.7 Å². The molecule has 0 aliphatic rings. The van der Waals surface area contributed by atoms with E-state index in [9.17, 15) is 0 Å². The van der Waals surface area contributed by atoms with E-state index in [0.717, 1.165) is 50.8 Å². The van der Waals surface area contributed by atoms with Crippen LogP contribution < -0.4 is 0 Å². The fraction of sp³-hybridized carbons (Fsp3) is 0.107. The Morgan fingerprint density at radius 3 is 2.28 bits per heavy atom. The summed E-state index contributed by atoms with van der Waals surface area (Å²) in [5.41, 5.74) is 4.80. The number of para-hydroxylation sites is 1. The number of benzene rings is 3. The lowest BCUT2D eigenvalue weighted by molar-refractivity contribution is 0.528. The minimum atomic E-state index is 0.504. The van der Waals surface area contributed by atoms with Crippen LogP contribution in [0.5, 0.6) is 0 Å². The minimum Gasteiger partial charge on any atom is -0.420 e. The molecule has 6 rings (SSSR count). The summed E-state index contributed by atoms with van der Waals surface area (Å²) in [6, 6.07) is 30.2. The third-order valence-electron chi connectivity index (χ3n) is 5.87. The van der Waals surface area contributed by atoms with Crippen LogP contribution >= 0.6 is 11.8 Å². The van der Waals surface area contributed by atoms with Crippen LogP contribution in [0.4, 0.5) is 0 Å². The van der Waals surface area contributed by atoms with Gasteiger partial charge in [0.15, 0.2) is 11.0 Å². The highest BCUT2D eigenvalue weighted by molar-refractivity contribution is 7.98. The van der Waals surface area contributed by atoms with Crippen LogP contribution in [-0.4, -0.2) is 29.9 Å². The van der Waals surface area contributed by atoms with Gasteiger partial charge in [0.25, 0.3) is 0 Å². The molecule has 0 saturated carbocycles. The molecular formula is C28H22N6OS. The molecule has 0 bridgehead atoms. The van der Waals surface area contributed by atoms with Crippen molar-refractivity contribution in [3.8, 4) is 34.1 Å². The molecule has 176 valence electrons. The van der Waals surface area contributed by atoms with Gasteiger partial charge in [0.2, 0.25) is 11.8 Å². The molecule has 0 aliphatic carbocycles. The van der Waals surface area contributed by atoms with Crippen molar-refractivity contribution >= 4 is 22.7 Å². The van der Waals surface area contributed by atoms with Gasteiger partial charge in [-0.1, -0.05) is 78.5 Å². The second-order valence-corrected chi connectivity index (χ2v) is 9.09. The van der Waals surface area contributed by atoms with Crippen LogP contribution in [0.15, 0.2) is 101 Å². The maximum absolute atomic E-state index is 5.87. The number of pyridine rings is 1. The predicted molar refractivity (Wildman–Crippen MR) is 141 cm³/mol. The molecule has 0 aliphatic heterocycles. The molecule has 0 saturated heterocycles. The van der Waals surface area contributed by atoms with Crippen molar-refractivity contribution in [3.63, 3.8) is 0 Å². The normalized spacial score (nSPS) is 11.2. The molecular weight excluding hydrogens is 468 g/mol. The summed E-state index contributed by atoms with van der Waals surface area (Å²) in [5, 5.41) is 19.4. The summed E-state index contributed by atoms with van der Waals surface area (Å²) >= 11 is 1.53. The number of hydrogen-bond acceptors (Lipinski definition) is 7. The first-order valence-corrected chi connectivity index (χ1v) is 12.7. The molecule has 3 aromatic heterocycles. The summed E-state index contributed by atoms with van der Waals surface area (Å²) in [4.78, 5) is 4.91. The monoisotopic (exact) mass is 490 g/mol. The predicted octanol–water partition coefficient (Wildman–Crippen LogP) is 6.52. The van der Waals surface area contributed by atoms with Crippen LogP contribution in [0.1, 0.15) is 12.8 Å². The summed E-state index contributed by atoms with van der Waals surface area (Å²) in [7, 11) is 0. The number of hydrogen-bond donors (Lipinski definition) is 0. The van der Waals surface area contributed by atoms with Crippen LogP contribution in [0, 0.1) is 0 Å². The number of aromatic nitrogens is 6. The van der Waals surface area contributed by atoms with Crippen molar-refractivity contribution in [3.05, 3.63) is 96.9 Å². The third-order valence-corrected chi connectivity index (χ3v) is 6.82. The molecule has 8 heteroatoms. The van der Waals surface area contributed by atoms with Gasteiger partial charge in [-0.25, -0.2) is 4.98 Å². The SMILES string of the molecule is CCn1c(SCc2nnc(-c3ccccc3)o2)nnc1-c1cc(-c2ccccc2)nc2ccccc12. The average Bonchev–Trinajstić information content (AvgIpc) is 3.59. The van der Waals surface area contributed by atoms with E-state index in [-0.39, 0.29) is 0 Å². The number of rotatable bonds is 7. The van der Waals surface area contributed by atoms with Crippen LogP contribution in [0.2, 0.25) is 0 Å². The second kappa shape index (κ2) is 9.75. The van der Waals surface area contributed by atoms with Gasteiger partial charge in [-0.15, -0.1) is 20.4 Å². The van der Waals surface area contributed by atoms with E-state index in [4.69, 9.17) is 9.40 Å². The molecule has 3 heterocycles. The molecule has 7 nitrogen and oxygen atoms in total. The van der Waals surface area contributed by atoms with Crippen molar-refractivity contribution in [2.45, 2.75) is 24.4 Å². The van der Waals surface area contributed by atoms with E-state index in [0.29, 0.717) is 17.5 Å². The minimum absolute atomic E-state index is 0.504. The van der Waals surface area contributed by atoms with Crippen LogP contribution in [0.25, 0.3) is 45.0 Å². The van der Waals surface area contributed by atoms with E-state index < -0.39 is 0 Å². The zero-order valence-corrected chi connectivity index (χ0v) is 20.4. The van der Waals surface area contributed by atoms with Gasteiger partial charge in [-0.3, -0.25) is 0 Å². The van der Waals surface area contributed by atoms with Gasteiger partial charge in [0.1, 0.15) is 0 Å². The Morgan fingerprint density at radius 1 is 0.778 bits per heavy atom. The van der Waals surface area contributed by atoms with Gasteiger partial charge in [-0.05, 0) is 31.2 Å². The summed E-state index contributed by atoms with van der Waals surface area (Å²) in [5.74, 6) is 2.38. The Morgan fingerprint density at radius 2 is 1.50 bits per heavy atom. The van der Waals surface area contributed by atoms with Crippen LogP contribution in [-0.2, 0) is 12.3 Å². The lowest BCUT2D eigenvalue weighted by Gasteiger charge is -2.11. The highest BCUT2D eigenvalue weighted by Crippen LogP contribution is 2.33. The van der Waals surface area contributed by atoms with E-state index in [2.05, 4.69) is 56.2 Å². The van der Waals surface area contributed by atoms with E-state index >= 15 is 0 Å². The quantitative estimate of drug-likeness (QED) is 0.236. The van der Waals surface area contributed by atoms with E-state index in [1.54, 1.807) is 0 Å². The third kappa shape index (κ3) is 4.27. The zero-order chi connectivity index (χ0) is 24.3. The molecule has 6 aromatic rings. The zero-order valence-electron chi connectivity index (χ0n) is 19.6. The van der Waals surface area contributed by atoms with Crippen molar-refractivity contribution in [2.75, 3.05) is 0 Å². The largest absolute Gasteiger partial charge is 0.420 e. The molecule has 0 N–H and O–H groups in total. The van der Waals surface area contributed by atoms with Gasteiger partial charge in [-0.2, -0.15) is 0 Å². The molecule has 0 spiro atoms. The Balaban J connectivity index is 1.33.